The summed E-state index contributed by atoms with van der Waals surface area (Å²) in [6.07, 6.45) is 6.60. The molecule has 0 aromatic carbocycles. The van der Waals surface area contributed by atoms with E-state index in [2.05, 4.69) is 39.4 Å². The van der Waals surface area contributed by atoms with Gasteiger partial charge < -0.3 is 11.1 Å². The lowest BCUT2D eigenvalue weighted by Gasteiger charge is -2.19. The van der Waals surface area contributed by atoms with Gasteiger partial charge in [-0.15, -0.1) is 0 Å². The molecule has 0 radical (unpaired) electrons. The Morgan fingerprint density at radius 1 is 1.60 bits per heavy atom. The van der Waals surface area contributed by atoms with E-state index in [1.165, 1.54) is 0 Å². The van der Waals surface area contributed by atoms with Crippen LogP contribution >= 0.6 is 27.7 Å². The lowest BCUT2D eigenvalue weighted by Crippen LogP contribution is -2.22. The van der Waals surface area contributed by atoms with E-state index in [-0.39, 0.29) is 0 Å². The molecular formula is C10H16BrN3S. The molecule has 15 heavy (non-hydrogen) atoms. The van der Waals surface area contributed by atoms with Crippen LogP contribution in [-0.4, -0.2) is 23.0 Å². The number of pyridine rings is 1. The predicted octanol–water partition coefficient (Wildman–Crippen LogP) is 2.98. The molecule has 1 aromatic heterocycles. The average molecular weight is 290 g/mol. The smallest absolute Gasteiger partial charge is 0.0752 e. The zero-order valence-electron chi connectivity index (χ0n) is 8.96. The molecule has 0 spiro atoms. The number of hydrogen-bond donors (Lipinski definition) is 2. The molecule has 0 aliphatic rings. The predicted molar refractivity (Wildman–Crippen MR) is 72.4 cm³/mol. The van der Waals surface area contributed by atoms with Crippen molar-refractivity contribution in [2.75, 3.05) is 23.1 Å². The van der Waals surface area contributed by atoms with Crippen LogP contribution in [0.15, 0.2) is 16.9 Å². The van der Waals surface area contributed by atoms with Crippen LogP contribution in [0.3, 0.4) is 0 Å². The fourth-order valence-electron chi connectivity index (χ4n) is 1.27. The van der Waals surface area contributed by atoms with Crippen molar-refractivity contribution in [1.29, 1.82) is 0 Å². The van der Waals surface area contributed by atoms with Crippen molar-refractivity contribution in [3.05, 3.63) is 16.9 Å². The summed E-state index contributed by atoms with van der Waals surface area (Å²) in [6, 6.07) is 0.445. The molecule has 0 aliphatic carbocycles. The minimum absolute atomic E-state index is 0.445. The van der Waals surface area contributed by atoms with Crippen molar-refractivity contribution in [2.45, 2.75) is 19.4 Å². The standard InChI is InChI=1S/C10H16BrN3S/c1-3-7(6-15-2)14-10-8(11)4-13-5-9(10)12/h4-5,7H,3,6,12H2,1-2H3,(H,13,14). The van der Waals surface area contributed by atoms with E-state index < -0.39 is 0 Å². The van der Waals surface area contributed by atoms with Gasteiger partial charge in [0.2, 0.25) is 0 Å². The van der Waals surface area contributed by atoms with E-state index in [1.54, 1.807) is 12.4 Å². The van der Waals surface area contributed by atoms with E-state index in [0.717, 1.165) is 22.3 Å². The van der Waals surface area contributed by atoms with Gasteiger partial charge in [0.15, 0.2) is 0 Å². The summed E-state index contributed by atoms with van der Waals surface area (Å²) in [4.78, 5) is 4.01. The fraction of sp³-hybridized carbons (Fsp3) is 0.500. The summed E-state index contributed by atoms with van der Waals surface area (Å²) in [5.74, 6) is 1.07. The fourth-order valence-corrected chi connectivity index (χ4v) is 2.45. The number of rotatable bonds is 5. The molecule has 0 saturated carbocycles. The Labute approximate surface area is 103 Å². The lowest BCUT2D eigenvalue weighted by molar-refractivity contribution is 0.774. The van der Waals surface area contributed by atoms with Crippen LogP contribution in [0.25, 0.3) is 0 Å². The molecule has 3 N–H and O–H groups in total. The van der Waals surface area contributed by atoms with Crippen LogP contribution in [0.5, 0.6) is 0 Å². The van der Waals surface area contributed by atoms with Crippen LogP contribution in [0.2, 0.25) is 0 Å². The van der Waals surface area contributed by atoms with Gasteiger partial charge in [0, 0.05) is 18.0 Å². The molecule has 3 nitrogen and oxygen atoms in total. The van der Waals surface area contributed by atoms with Crippen molar-refractivity contribution >= 4 is 39.1 Å². The molecule has 1 atom stereocenters. The normalized spacial score (nSPS) is 12.5. The van der Waals surface area contributed by atoms with Gasteiger partial charge >= 0.3 is 0 Å². The number of nitrogen functional groups attached to an aromatic ring is 1. The number of nitrogens with one attached hydrogen (secondary N) is 1. The maximum Gasteiger partial charge on any atom is 0.0752 e. The first-order valence-electron chi connectivity index (χ1n) is 4.83. The first-order chi connectivity index (χ1) is 7.19. The van der Waals surface area contributed by atoms with Crippen LogP contribution in [0, 0.1) is 0 Å². The Kier molecular flexibility index (Phi) is 5.25. The molecule has 0 saturated heterocycles. The summed E-state index contributed by atoms with van der Waals surface area (Å²) < 4.78 is 0.919. The minimum atomic E-state index is 0.445. The third kappa shape index (κ3) is 3.57. The molecular weight excluding hydrogens is 274 g/mol. The van der Waals surface area contributed by atoms with Gasteiger partial charge in [-0.25, -0.2) is 0 Å². The average Bonchev–Trinajstić information content (AvgIpc) is 2.22. The maximum atomic E-state index is 5.86. The summed E-state index contributed by atoms with van der Waals surface area (Å²) in [5.41, 5.74) is 7.49. The highest BCUT2D eigenvalue weighted by molar-refractivity contribution is 9.10. The van der Waals surface area contributed by atoms with E-state index in [0.29, 0.717) is 11.7 Å². The highest BCUT2D eigenvalue weighted by Crippen LogP contribution is 2.28. The Balaban J connectivity index is 2.78. The number of anilines is 2. The van der Waals surface area contributed by atoms with Crippen molar-refractivity contribution in [3.8, 4) is 0 Å². The zero-order valence-corrected chi connectivity index (χ0v) is 11.4. The van der Waals surface area contributed by atoms with Gasteiger partial charge in [0.25, 0.3) is 0 Å². The van der Waals surface area contributed by atoms with Gasteiger partial charge in [-0.3, -0.25) is 4.98 Å². The van der Waals surface area contributed by atoms with Crippen molar-refractivity contribution in [1.82, 2.24) is 4.98 Å². The maximum absolute atomic E-state index is 5.86. The number of aromatic nitrogens is 1. The number of nitrogens with two attached hydrogens (primary N) is 1. The topological polar surface area (TPSA) is 50.9 Å². The van der Waals surface area contributed by atoms with E-state index in [1.807, 2.05) is 11.8 Å². The lowest BCUT2D eigenvalue weighted by atomic mass is 10.2. The molecule has 0 amide bonds. The second-order valence-corrected chi connectivity index (χ2v) is 5.06. The number of nitrogens with zero attached hydrogens (tertiary/aromatic N) is 1. The molecule has 5 heteroatoms. The summed E-state index contributed by atoms with van der Waals surface area (Å²) in [5, 5.41) is 3.43. The molecule has 1 unspecified atom stereocenters. The first kappa shape index (κ1) is 12.6. The first-order valence-corrected chi connectivity index (χ1v) is 7.02. The highest BCUT2D eigenvalue weighted by atomic mass is 79.9. The second kappa shape index (κ2) is 6.23. The number of hydrogen-bond acceptors (Lipinski definition) is 4. The third-order valence-corrected chi connectivity index (χ3v) is 3.48. The number of thioether (sulfide) groups is 1. The molecule has 1 rings (SSSR count). The highest BCUT2D eigenvalue weighted by Gasteiger charge is 2.10. The molecule has 84 valence electrons. The Morgan fingerprint density at radius 2 is 2.33 bits per heavy atom. The van der Waals surface area contributed by atoms with Gasteiger partial charge in [-0.05, 0) is 28.6 Å². The molecule has 0 fully saturated rings. The molecule has 0 bridgehead atoms. The van der Waals surface area contributed by atoms with Gasteiger partial charge in [0.05, 0.1) is 22.0 Å². The van der Waals surface area contributed by atoms with E-state index in [4.69, 9.17) is 5.73 Å². The van der Waals surface area contributed by atoms with Crippen molar-refractivity contribution in [2.24, 2.45) is 0 Å². The van der Waals surface area contributed by atoms with Gasteiger partial charge in [-0.1, -0.05) is 6.92 Å². The second-order valence-electron chi connectivity index (χ2n) is 3.29. The van der Waals surface area contributed by atoms with Crippen molar-refractivity contribution in [3.63, 3.8) is 0 Å². The van der Waals surface area contributed by atoms with Crippen LogP contribution in [-0.2, 0) is 0 Å². The number of halogens is 1. The third-order valence-electron chi connectivity index (χ3n) is 2.14. The summed E-state index contributed by atoms with van der Waals surface area (Å²) in [6.45, 7) is 2.17. The molecule has 0 aliphatic heterocycles. The summed E-state index contributed by atoms with van der Waals surface area (Å²) in [7, 11) is 0. The summed E-state index contributed by atoms with van der Waals surface area (Å²) >= 11 is 5.28. The van der Waals surface area contributed by atoms with Crippen molar-refractivity contribution < 1.29 is 0 Å². The van der Waals surface area contributed by atoms with E-state index in [9.17, 15) is 0 Å². The van der Waals surface area contributed by atoms with Gasteiger partial charge in [-0.2, -0.15) is 11.8 Å². The Morgan fingerprint density at radius 3 is 2.87 bits per heavy atom. The largest absolute Gasteiger partial charge is 0.396 e. The van der Waals surface area contributed by atoms with E-state index >= 15 is 0 Å². The SMILES string of the molecule is CCC(CSC)Nc1c(N)cncc1Br. The Hall–Kier alpha value is -0.420. The molecule has 1 heterocycles. The quantitative estimate of drug-likeness (QED) is 0.875. The van der Waals surface area contributed by atoms with Crippen LogP contribution in [0.1, 0.15) is 13.3 Å². The Bertz CT molecular complexity index is 299. The van der Waals surface area contributed by atoms with Gasteiger partial charge in [0.1, 0.15) is 0 Å². The van der Waals surface area contributed by atoms with Crippen LogP contribution < -0.4 is 11.1 Å². The zero-order chi connectivity index (χ0) is 11.3. The monoisotopic (exact) mass is 289 g/mol. The van der Waals surface area contributed by atoms with Crippen LogP contribution in [0.4, 0.5) is 11.4 Å². The minimum Gasteiger partial charge on any atom is -0.396 e. The molecule has 1 aromatic rings.